The summed E-state index contributed by atoms with van der Waals surface area (Å²) in [7, 11) is 0. The minimum Gasteiger partial charge on any atom is -0.462 e. The Labute approximate surface area is 161 Å². The summed E-state index contributed by atoms with van der Waals surface area (Å²) in [4.78, 5) is 36.4. The Morgan fingerprint density at radius 1 is 1.00 bits per heavy atom. The third kappa shape index (κ3) is 6.08. The number of ether oxygens (including phenoxy) is 1. The maximum atomic E-state index is 12.5. The van der Waals surface area contributed by atoms with Crippen molar-refractivity contribution in [1.29, 1.82) is 0 Å². The van der Waals surface area contributed by atoms with Crippen molar-refractivity contribution in [3.05, 3.63) is 29.8 Å². The van der Waals surface area contributed by atoms with Gasteiger partial charge in [0, 0.05) is 23.6 Å². The second-order valence-corrected chi connectivity index (χ2v) is 7.15. The predicted octanol–water partition coefficient (Wildman–Crippen LogP) is 3.52. The molecule has 1 unspecified atom stereocenters. The largest absolute Gasteiger partial charge is 0.462 e. The number of amides is 2. The molecule has 0 saturated heterocycles. The van der Waals surface area contributed by atoms with Crippen LogP contribution in [0.4, 0.5) is 5.69 Å². The average Bonchev–Trinajstić information content (AvgIpc) is 2.68. The molecule has 2 amide bonds. The van der Waals surface area contributed by atoms with Crippen molar-refractivity contribution in [2.24, 2.45) is 11.8 Å². The zero-order valence-corrected chi connectivity index (χ0v) is 16.4. The summed E-state index contributed by atoms with van der Waals surface area (Å²) in [5.74, 6) is -0.365. The van der Waals surface area contributed by atoms with Gasteiger partial charge in [-0.15, -0.1) is 0 Å². The van der Waals surface area contributed by atoms with Crippen LogP contribution in [-0.4, -0.2) is 30.4 Å². The van der Waals surface area contributed by atoms with E-state index < -0.39 is 0 Å². The normalized spacial score (nSPS) is 20.4. The molecule has 2 N–H and O–H groups in total. The number of carbonyl (C=O) groups excluding carboxylic acids is 3. The molecule has 0 aliphatic heterocycles. The number of hydrogen-bond acceptors (Lipinski definition) is 4. The van der Waals surface area contributed by atoms with Gasteiger partial charge in [-0.25, -0.2) is 4.79 Å². The highest BCUT2D eigenvalue weighted by Gasteiger charge is 2.30. The van der Waals surface area contributed by atoms with E-state index in [-0.39, 0.29) is 35.7 Å². The summed E-state index contributed by atoms with van der Waals surface area (Å²) in [5, 5.41) is 5.93. The van der Waals surface area contributed by atoms with Crippen LogP contribution in [0.2, 0.25) is 0 Å². The van der Waals surface area contributed by atoms with E-state index in [0.29, 0.717) is 30.7 Å². The number of carbonyl (C=O) groups is 3. The Morgan fingerprint density at radius 3 is 2.07 bits per heavy atom. The molecule has 1 aliphatic carbocycles. The molecule has 148 valence electrons. The van der Waals surface area contributed by atoms with E-state index in [2.05, 4.69) is 10.6 Å². The van der Waals surface area contributed by atoms with Crippen LogP contribution in [0.25, 0.3) is 0 Å². The summed E-state index contributed by atoms with van der Waals surface area (Å²) in [6.45, 7) is 6.14. The molecule has 1 saturated carbocycles. The monoisotopic (exact) mass is 374 g/mol. The van der Waals surface area contributed by atoms with Crippen LogP contribution >= 0.6 is 0 Å². The standard InChI is InChI=1S/C21H30N2O4/c1-4-14(3)22-19(24)15-6-8-16(9-7-15)20(25)23-18-12-10-17(11-13-18)21(26)27-5-2/h10-16H,4-9H2,1-3H3,(H,22,24)(H,23,25). The minimum absolute atomic E-state index is 0.00640. The third-order valence-corrected chi connectivity index (χ3v) is 5.13. The molecule has 6 nitrogen and oxygen atoms in total. The fraction of sp³-hybridized carbons (Fsp3) is 0.571. The Hall–Kier alpha value is -2.37. The van der Waals surface area contributed by atoms with Crippen LogP contribution in [-0.2, 0) is 14.3 Å². The molecule has 0 radical (unpaired) electrons. The topological polar surface area (TPSA) is 84.5 Å². The van der Waals surface area contributed by atoms with Gasteiger partial charge in [-0.3, -0.25) is 9.59 Å². The highest BCUT2D eigenvalue weighted by molar-refractivity contribution is 5.94. The molecule has 2 rings (SSSR count). The van der Waals surface area contributed by atoms with Gasteiger partial charge in [-0.05, 0) is 70.2 Å². The number of esters is 1. The second-order valence-electron chi connectivity index (χ2n) is 7.15. The lowest BCUT2D eigenvalue weighted by molar-refractivity contribution is -0.129. The van der Waals surface area contributed by atoms with Crippen molar-refractivity contribution in [2.75, 3.05) is 11.9 Å². The van der Waals surface area contributed by atoms with Crippen molar-refractivity contribution in [3.8, 4) is 0 Å². The van der Waals surface area contributed by atoms with Crippen molar-refractivity contribution < 1.29 is 19.1 Å². The van der Waals surface area contributed by atoms with Crippen molar-refractivity contribution >= 4 is 23.5 Å². The lowest BCUT2D eigenvalue weighted by Gasteiger charge is -2.28. The Bertz CT molecular complexity index is 649. The Morgan fingerprint density at radius 2 is 1.56 bits per heavy atom. The molecule has 0 spiro atoms. The van der Waals surface area contributed by atoms with Crippen LogP contribution in [0.5, 0.6) is 0 Å². The molecule has 0 bridgehead atoms. The van der Waals surface area contributed by atoms with E-state index in [9.17, 15) is 14.4 Å². The van der Waals surface area contributed by atoms with Gasteiger partial charge >= 0.3 is 5.97 Å². The van der Waals surface area contributed by atoms with E-state index in [1.807, 2.05) is 13.8 Å². The molecule has 1 atom stereocenters. The summed E-state index contributed by atoms with van der Waals surface area (Å²) in [6, 6.07) is 6.88. The molecule has 1 aromatic carbocycles. The fourth-order valence-corrected chi connectivity index (χ4v) is 3.23. The molecule has 0 heterocycles. The zero-order chi connectivity index (χ0) is 19.8. The van der Waals surface area contributed by atoms with Crippen LogP contribution < -0.4 is 10.6 Å². The van der Waals surface area contributed by atoms with E-state index in [4.69, 9.17) is 4.74 Å². The van der Waals surface area contributed by atoms with Crippen molar-refractivity contribution in [3.63, 3.8) is 0 Å². The van der Waals surface area contributed by atoms with Gasteiger partial charge in [-0.2, -0.15) is 0 Å². The first-order chi connectivity index (χ1) is 12.9. The Balaban J connectivity index is 1.82. The summed E-state index contributed by atoms with van der Waals surface area (Å²) >= 11 is 0. The molecular weight excluding hydrogens is 344 g/mol. The lowest BCUT2D eigenvalue weighted by atomic mass is 9.81. The number of rotatable bonds is 7. The second kappa shape index (κ2) is 10.1. The maximum absolute atomic E-state index is 12.5. The van der Waals surface area contributed by atoms with Crippen LogP contribution in [0.1, 0.15) is 63.2 Å². The number of benzene rings is 1. The molecule has 6 heteroatoms. The molecular formula is C21H30N2O4. The third-order valence-electron chi connectivity index (χ3n) is 5.13. The van der Waals surface area contributed by atoms with Gasteiger partial charge < -0.3 is 15.4 Å². The van der Waals surface area contributed by atoms with Gasteiger partial charge in [0.2, 0.25) is 11.8 Å². The Kier molecular flexibility index (Phi) is 7.82. The van der Waals surface area contributed by atoms with E-state index >= 15 is 0 Å². The summed E-state index contributed by atoms with van der Waals surface area (Å²) in [5.41, 5.74) is 1.12. The van der Waals surface area contributed by atoms with E-state index in [1.54, 1.807) is 31.2 Å². The van der Waals surface area contributed by atoms with Crippen LogP contribution in [0.3, 0.4) is 0 Å². The predicted molar refractivity (Wildman–Crippen MR) is 104 cm³/mol. The van der Waals surface area contributed by atoms with Crippen molar-refractivity contribution in [1.82, 2.24) is 5.32 Å². The molecule has 0 aromatic heterocycles. The molecule has 27 heavy (non-hydrogen) atoms. The fourth-order valence-electron chi connectivity index (χ4n) is 3.23. The smallest absolute Gasteiger partial charge is 0.338 e. The van der Waals surface area contributed by atoms with E-state index in [0.717, 1.165) is 19.3 Å². The lowest BCUT2D eigenvalue weighted by Crippen LogP contribution is -2.39. The zero-order valence-electron chi connectivity index (χ0n) is 16.4. The number of nitrogens with one attached hydrogen (secondary N) is 2. The summed E-state index contributed by atoms with van der Waals surface area (Å²) < 4.78 is 4.95. The number of anilines is 1. The van der Waals surface area contributed by atoms with Crippen LogP contribution in [0.15, 0.2) is 24.3 Å². The molecule has 1 fully saturated rings. The SMILES string of the molecule is CCOC(=O)c1ccc(NC(=O)C2CCC(C(=O)NC(C)CC)CC2)cc1. The molecule has 1 aromatic rings. The average molecular weight is 374 g/mol. The number of hydrogen-bond donors (Lipinski definition) is 2. The highest BCUT2D eigenvalue weighted by Crippen LogP contribution is 2.30. The first-order valence-electron chi connectivity index (χ1n) is 9.83. The van der Waals surface area contributed by atoms with Crippen molar-refractivity contribution in [2.45, 2.75) is 58.9 Å². The molecule has 1 aliphatic rings. The summed E-state index contributed by atoms with van der Waals surface area (Å²) in [6.07, 6.45) is 3.82. The first-order valence-corrected chi connectivity index (χ1v) is 9.83. The van der Waals surface area contributed by atoms with Crippen LogP contribution in [0, 0.1) is 11.8 Å². The van der Waals surface area contributed by atoms with Gasteiger partial charge in [0.15, 0.2) is 0 Å². The maximum Gasteiger partial charge on any atom is 0.338 e. The first kappa shape index (κ1) is 20.9. The quantitative estimate of drug-likeness (QED) is 0.715. The van der Waals surface area contributed by atoms with Gasteiger partial charge in [0.25, 0.3) is 0 Å². The van der Waals surface area contributed by atoms with Gasteiger partial charge in [0.05, 0.1) is 12.2 Å². The highest BCUT2D eigenvalue weighted by atomic mass is 16.5. The van der Waals surface area contributed by atoms with Gasteiger partial charge in [0.1, 0.15) is 0 Å². The van der Waals surface area contributed by atoms with E-state index in [1.165, 1.54) is 0 Å². The minimum atomic E-state index is -0.371. The van der Waals surface area contributed by atoms with Gasteiger partial charge in [-0.1, -0.05) is 6.92 Å².